The van der Waals surface area contributed by atoms with Gasteiger partial charge in [-0.25, -0.2) is 0 Å². The Morgan fingerprint density at radius 1 is 1.25 bits per heavy atom. The number of carboxylic acid groups (broad SMARTS) is 1. The number of ether oxygens (including phenoxy) is 1. The summed E-state index contributed by atoms with van der Waals surface area (Å²) in [6, 6.07) is 5.79. The maximum atomic E-state index is 11.4. The minimum absolute atomic E-state index is 0.134. The summed E-state index contributed by atoms with van der Waals surface area (Å²) in [4.78, 5) is 24.2. The van der Waals surface area contributed by atoms with Gasteiger partial charge in [-0.1, -0.05) is 18.2 Å². The largest absolute Gasteiger partial charge is 0.480 e. The number of benzene rings is 1. The van der Waals surface area contributed by atoms with Crippen molar-refractivity contribution in [3.8, 4) is 0 Å². The summed E-state index contributed by atoms with van der Waals surface area (Å²) in [6.07, 6.45) is 0.175. The van der Waals surface area contributed by atoms with Gasteiger partial charge in [-0.05, 0) is 31.9 Å². The van der Waals surface area contributed by atoms with E-state index in [0.29, 0.717) is 13.2 Å². The molecular formula is C15H21NO4. The third-order valence-corrected chi connectivity index (χ3v) is 2.97. The third kappa shape index (κ3) is 4.57. The van der Waals surface area contributed by atoms with Crippen molar-refractivity contribution in [1.29, 1.82) is 0 Å². The van der Waals surface area contributed by atoms with Crippen molar-refractivity contribution in [2.24, 2.45) is 0 Å². The summed E-state index contributed by atoms with van der Waals surface area (Å²) >= 11 is 0. The molecule has 0 saturated heterocycles. The molecule has 0 bridgehead atoms. The van der Waals surface area contributed by atoms with Crippen LogP contribution < -0.4 is 4.90 Å². The third-order valence-electron chi connectivity index (χ3n) is 2.97. The first-order valence-corrected chi connectivity index (χ1v) is 6.64. The van der Waals surface area contributed by atoms with Gasteiger partial charge in [0.15, 0.2) is 0 Å². The number of aryl methyl sites for hydroxylation is 2. The van der Waals surface area contributed by atoms with E-state index in [0.717, 1.165) is 16.8 Å². The van der Waals surface area contributed by atoms with Crippen LogP contribution in [0.3, 0.4) is 0 Å². The lowest BCUT2D eigenvalue weighted by atomic mass is 10.1. The smallest absolute Gasteiger partial charge is 0.323 e. The number of carboxylic acids is 1. The first-order chi connectivity index (χ1) is 9.45. The van der Waals surface area contributed by atoms with E-state index in [2.05, 4.69) is 0 Å². The Morgan fingerprint density at radius 2 is 1.85 bits per heavy atom. The number of rotatable bonds is 7. The summed E-state index contributed by atoms with van der Waals surface area (Å²) in [5.41, 5.74) is 2.87. The van der Waals surface area contributed by atoms with Gasteiger partial charge in [-0.3, -0.25) is 9.59 Å². The molecule has 0 aliphatic rings. The molecule has 1 N–H and O–H groups in total. The van der Waals surface area contributed by atoms with Gasteiger partial charge in [0.25, 0.3) is 0 Å². The molecular weight excluding hydrogens is 258 g/mol. The molecule has 0 atom stereocenters. The fourth-order valence-electron chi connectivity index (χ4n) is 2.20. The van der Waals surface area contributed by atoms with Crippen LogP contribution in [0.2, 0.25) is 0 Å². The van der Waals surface area contributed by atoms with Crippen molar-refractivity contribution in [2.75, 3.05) is 24.6 Å². The predicted molar refractivity (Wildman–Crippen MR) is 77.0 cm³/mol. The van der Waals surface area contributed by atoms with Gasteiger partial charge in [0.05, 0.1) is 13.0 Å². The molecule has 110 valence electrons. The highest BCUT2D eigenvalue weighted by Gasteiger charge is 2.16. The Kier molecular flexibility index (Phi) is 6.03. The van der Waals surface area contributed by atoms with Gasteiger partial charge in [-0.15, -0.1) is 0 Å². The second kappa shape index (κ2) is 7.53. The number of carbonyl (C=O) groups excluding carboxylic acids is 1. The van der Waals surface area contributed by atoms with Crippen LogP contribution in [0, 0.1) is 13.8 Å². The van der Waals surface area contributed by atoms with Gasteiger partial charge in [0, 0.05) is 12.2 Å². The summed E-state index contributed by atoms with van der Waals surface area (Å²) in [5.74, 6) is -1.23. The van der Waals surface area contributed by atoms with Crippen LogP contribution in [0.15, 0.2) is 18.2 Å². The van der Waals surface area contributed by atoms with Crippen LogP contribution in [-0.4, -0.2) is 36.7 Å². The van der Waals surface area contributed by atoms with E-state index in [9.17, 15) is 9.59 Å². The standard InChI is InChI=1S/C15H21NO4/c1-4-20-14(19)8-9-16(10-13(17)18)15-11(2)6-5-7-12(15)3/h5-7H,4,8-10H2,1-3H3,(H,17,18). The topological polar surface area (TPSA) is 66.8 Å². The summed E-state index contributed by atoms with van der Waals surface area (Å²) in [5, 5.41) is 9.04. The lowest BCUT2D eigenvalue weighted by Crippen LogP contribution is -2.33. The van der Waals surface area contributed by atoms with E-state index < -0.39 is 5.97 Å². The number of hydrogen-bond acceptors (Lipinski definition) is 4. The minimum Gasteiger partial charge on any atom is -0.480 e. The molecule has 0 heterocycles. The number of carbonyl (C=O) groups is 2. The molecule has 1 aromatic rings. The van der Waals surface area contributed by atoms with Gasteiger partial charge < -0.3 is 14.7 Å². The van der Waals surface area contributed by atoms with E-state index in [1.165, 1.54) is 0 Å². The predicted octanol–water partition coefficient (Wildman–Crippen LogP) is 2.15. The lowest BCUT2D eigenvalue weighted by Gasteiger charge is -2.26. The molecule has 5 nitrogen and oxygen atoms in total. The lowest BCUT2D eigenvalue weighted by molar-refractivity contribution is -0.143. The van der Waals surface area contributed by atoms with Crippen molar-refractivity contribution in [2.45, 2.75) is 27.2 Å². The number of nitrogens with zero attached hydrogens (tertiary/aromatic N) is 1. The summed E-state index contributed by atoms with van der Waals surface area (Å²) in [6.45, 7) is 6.14. The van der Waals surface area contributed by atoms with Crippen LogP contribution in [0.1, 0.15) is 24.5 Å². The molecule has 0 aromatic heterocycles. The van der Waals surface area contributed by atoms with Gasteiger partial charge in [0.1, 0.15) is 6.54 Å². The fraction of sp³-hybridized carbons (Fsp3) is 0.467. The summed E-state index contributed by atoms with van der Waals surface area (Å²) < 4.78 is 4.88. The van der Waals surface area contributed by atoms with Crippen LogP contribution in [0.4, 0.5) is 5.69 Å². The van der Waals surface area contributed by atoms with Crippen molar-refractivity contribution in [3.63, 3.8) is 0 Å². The Bertz CT molecular complexity index is 465. The van der Waals surface area contributed by atoms with E-state index >= 15 is 0 Å². The van der Waals surface area contributed by atoms with E-state index in [-0.39, 0.29) is 18.9 Å². The molecule has 5 heteroatoms. The molecule has 1 aromatic carbocycles. The summed E-state index contributed by atoms with van der Waals surface area (Å²) in [7, 11) is 0. The molecule has 20 heavy (non-hydrogen) atoms. The SMILES string of the molecule is CCOC(=O)CCN(CC(=O)O)c1c(C)cccc1C. The van der Waals surface area contributed by atoms with Crippen LogP contribution in [0.25, 0.3) is 0 Å². The first-order valence-electron chi connectivity index (χ1n) is 6.64. The van der Waals surface area contributed by atoms with Crippen molar-refractivity contribution in [1.82, 2.24) is 0 Å². The van der Waals surface area contributed by atoms with Crippen molar-refractivity contribution in [3.05, 3.63) is 29.3 Å². The maximum Gasteiger partial charge on any atom is 0.323 e. The number of aliphatic carboxylic acids is 1. The van der Waals surface area contributed by atoms with Crippen LogP contribution in [0.5, 0.6) is 0 Å². The number of para-hydroxylation sites is 1. The monoisotopic (exact) mass is 279 g/mol. The minimum atomic E-state index is -0.920. The molecule has 0 radical (unpaired) electrons. The highest BCUT2D eigenvalue weighted by molar-refractivity contribution is 5.76. The van der Waals surface area contributed by atoms with Crippen molar-refractivity contribution < 1.29 is 19.4 Å². The zero-order valence-corrected chi connectivity index (χ0v) is 12.2. The Hall–Kier alpha value is -2.04. The Morgan fingerprint density at radius 3 is 2.35 bits per heavy atom. The molecule has 1 rings (SSSR count). The molecule has 0 aliphatic heterocycles. The quantitative estimate of drug-likeness (QED) is 0.775. The molecule has 0 fully saturated rings. The second-order valence-corrected chi connectivity index (χ2v) is 4.61. The van der Waals surface area contributed by atoms with E-state index in [4.69, 9.17) is 9.84 Å². The molecule has 0 unspecified atom stereocenters. The molecule has 0 amide bonds. The number of anilines is 1. The number of hydrogen-bond donors (Lipinski definition) is 1. The normalized spacial score (nSPS) is 10.2. The first kappa shape index (κ1) is 16.0. The van der Waals surface area contributed by atoms with E-state index in [1.807, 2.05) is 32.0 Å². The average molecular weight is 279 g/mol. The fourth-order valence-corrected chi connectivity index (χ4v) is 2.20. The highest BCUT2D eigenvalue weighted by atomic mass is 16.5. The van der Waals surface area contributed by atoms with Gasteiger partial charge >= 0.3 is 11.9 Å². The zero-order chi connectivity index (χ0) is 15.1. The number of esters is 1. The van der Waals surface area contributed by atoms with Crippen LogP contribution in [-0.2, 0) is 14.3 Å². The Labute approximate surface area is 119 Å². The maximum absolute atomic E-state index is 11.4. The molecule has 0 saturated carbocycles. The van der Waals surface area contributed by atoms with Crippen LogP contribution >= 0.6 is 0 Å². The highest BCUT2D eigenvalue weighted by Crippen LogP contribution is 2.24. The van der Waals surface area contributed by atoms with E-state index in [1.54, 1.807) is 11.8 Å². The molecule has 0 spiro atoms. The Balaban J connectivity index is 2.89. The second-order valence-electron chi connectivity index (χ2n) is 4.61. The molecule has 0 aliphatic carbocycles. The van der Waals surface area contributed by atoms with Gasteiger partial charge in [0.2, 0.25) is 0 Å². The average Bonchev–Trinajstić information content (AvgIpc) is 2.35. The van der Waals surface area contributed by atoms with Crippen molar-refractivity contribution >= 4 is 17.6 Å². The zero-order valence-electron chi connectivity index (χ0n) is 12.2. The van der Waals surface area contributed by atoms with Gasteiger partial charge in [-0.2, -0.15) is 0 Å².